The van der Waals surface area contributed by atoms with Crippen molar-refractivity contribution in [3.8, 4) is 0 Å². The molecule has 0 spiro atoms. The number of nitrogens with one attached hydrogen (secondary N) is 1. The van der Waals surface area contributed by atoms with E-state index in [0.717, 1.165) is 39.3 Å². The normalized spacial score (nSPS) is 26.9. The summed E-state index contributed by atoms with van der Waals surface area (Å²) >= 11 is 0. The number of amides is 2. The highest BCUT2D eigenvalue weighted by atomic mass is 16.5. The average molecular weight is 357 g/mol. The summed E-state index contributed by atoms with van der Waals surface area (Å²) in [6, 6.07) is 0.279. The van der Waals surface area contributed by atoms with Crippen molar-refractivity contribution in [3.05, 3.63) is 0 Å². The maximum absolute atomic E-state index is 12.1. The molecule has 0 aromatic carbocycles. The van der Waals surface area contributed by atoms with Gasteiger partial charge in [0.1, 0.15) is 0 Å². The van der Waals surface area contributed by atoms with Crippen LogP contribution < -0.4 is 5.32 Å². The lowest BCUT2D eigenvalue weighted by molar-refractivity contribution is -0.128. The number of hydrogen-bond donors (Lipinski definition) is 2. The summed E-state index contributed by atoms with van der Waals surface area (Å²) in [6.45, 7) is 5.56. The molecule has 3 rings (SSSR count). The molecule has 2 N–H and O–H groups in total. The zero-order valence-corrected chi connectivity index (χ0v) is 14.4. The Hall–Kier alpha value is -1.71. The molecular weight excluding hydrogens is 330 g/mol. The van der Waals surface area contributed by atoms with Crippen molar-refractivity contribution in [2.24, 2.45) is 0 Å². The Bertz CT molecular complexity index is 455. The Morgan fingerprint density at radius 1 is 1.24 bits per heavy atom. The van der Waals surface area contributed by atoms with E-state index >= 15 is 0 Å². The van der Waals surface area contributed by atoms with Crippen LogP contribution in [0.1, 0.15) is 19.3 Å². The predicted octanol–water partition coefficient (Wildman–Crippen LogP) is -1.08. The highest BCUT2D eigenvalue weighted by molar-refractivity contribution is 5.80. The highest BCUT2D eigenvalue weighted by Gasteiger charge is 2.34. The van der Waals surface area contributed by atoms with E-state index in [9.17, 15) is 9.59 Å². The van der Waals surface area contributed by atoms with Crippen LogP contribution in [-0.2, 0) is 23.9 Å². The van der Waals surface area contributed by atoms with Gasteiger partial charge in [0.2, 0.25) is 11.8 Å². The second kappa shape index (κ2) is 10.3. The molecule has 0 aliphatic carbocycles. The van der Waals surface area contributed by atoms with E-state index in [1.165, 1.54) is 0 Å². The molecule has 2 atom stereocenters. The lowest BCUT2D eigenvalue weighted by Crippen LogP contribution is -2.54. The number of carbonyl (C=O) groups excluding carboxylic acids is 2. The minimum Gasteiger partial charge on any atom is -0.483 e. The smallest absolute Gasteiger partial charge is 0.290 e. The number of likely N-dealkylation sites (tertiary alicyclic amines) is 1. The molecule has 0 aromatic heterocycles. The van der Waals surface area contributed by atoms with Gasteiger partial charge in [0.25, 0.3) is 6.47 Å². The fraction of sp³-hybridized carbons (Fsp3) is 0.812. The van der Waals surface area contributed by atoms with Crippen LogP contribution in [0.4, 0.5) is 0 Å². The number of ether oxygens (including phenoxy) is 2. The fourth-order valence-electron chi connectivity index (χ4n) is 3.41. The molecule has 3 aliphatic heterocycles. The Labute approximate surface area is 147 Å². The van der Waals surface area contributed by atoms with Crippen molar-refractivity contribution >= 4 is 18.3 Å². The van der Waals surface area contributed by atoms with Crippen LogP contribution in [0, 0.1) is 0 Å². The van der Waals surface area contributed by atoms with E-state index in [2.05, 4.69) is 10.2 Å². The van der Waals surface area contributed by atoms with Crippen LogP contribution in [-0.4, -0.2) is 97.9 Å². The third-order valence-corrected chi connectivity index (χ3v) is 4.69. The van der Waals surface area contributed by atoms with Gasteiger partial charge in [-0.15, -0.1) is 0 Å². The predicted molar refractivity (Wildman–Crippen MR) is 88.1 cm³/mol. The van der Waals surface area contributed by atoms with Crippen molar-refractivity contribution < 1.29 is 29.0 Å². The highest BCUT2D eigenvalue weighted by Crippen LogP contribution is 2.15. The van der Waals surface area contributed by atoms with Gasteiger partial charge in [0, 0.05) is 39.0 Å². The van der Waals surface area contributed by atoms with Gasteiger partial charge in [-0.05, 0) is 6.42 Å². The van der Waals surface area contributed by atoms with Crippen LogP contribution in [0.25, 0.3) is 0 Å². The van der Waals surface area contributed by atoms with Gasteiger partial charge in [-0.3, -0.25) is 19.3 Å². The van der Waals surface area contributed by atoms with Gasteiger partial charge >= 0.3 is 0 Å². The summed E-state index contributed by atoms with van der Waals surface area (Å²) < 4.78 is 10.9. The molecule has 9 heteroatoms. The molecule has 0 unspecified atom stereocenters. The molecular formula is C16H27N3O6. The summed E-state index contributed by atoms with van der Waals surface area (Å²) in [5.41, 5.74) is 0. The summed E-state index contributed by atoms with van der Waals surface area (Å²) in [6.07, 6.45) is 1.91. The number of carbonyl (C=O) groups is 3. The van der Waals surface area contributed by atoms with Crippen LogP contribution >= 0.6 is 0 Å². The van der Waals surface area contributed by atoms with Gasteiger partial charge in [-0.2, -0.15) is 0 Å². The number of carboxylic acid groups (broad SMARTS) is 1. The number of nitrogens with zero attached hydrogens (tertiary/aromatic N) is 2. The van der Waals surface area contributed by atoms with E-state index in [0.29, 0.717) is 32.6 Å². The average Bonchev–Trinajstić information content (AvgIpc) is 3.23. The molecule has 3 aliphatic rings. The molecule has 0 radical (unpaired) electrons. The van der Waals surface area contributed by atoms with Crippen LogP contribution in [0.15, 0.2) is 0 Å². The first kappa shape index (κ1) is 19.6. The molecule has 2 amide bonds. The second-order valence-electron chi connectivity index (χ2n) is 6.27. The van der Waals surface area contributed by atoms with Crippen molar-refractivity contribution in [3.63, 3.8) is 0 Å². The first-order valence-corrected chi connectivity index (χ1v) is 8.70. The summed E-state index contributed by atoms with van der Waals surface area (Å²) in [5, 5.41) is 9.97. The largest absolute Gasteiger partial charge is 0.483 e. The topological polar surface area (TPSA) is 108 Å². The van der Waals surface area contributed by atoms with E-state index in [1.807, 2.05) is 0 Å². The molecule has 0 aromatic rings. The van der Waals surface area contributed by atoms with Crippen molar-refractivity contribution in [1.29, 1.82) is 0 Å². The van der Waals surface area contributed by atoms with Gasteiger partial charge in [0.05, 0.1) is 38.5 Å². The SMILES string of the molecule is O=C(CCN1CCCC1=O)N[C@H]1COC[C@@H]1N1CCOCC1.O=CO. The Kier molecular flexibility index (Phi) is 8.10. The second-order valence-corrected chi connectivity index (χ2v) is 6.27. The lowest BCUT2D eigenvalue weighted by Gasteiger charge is -2.34. The quantitative estimate of drug-likeness (QED) is 0.602. The molecule has 3 heterocycles. The maximum atomic E-state index is 12.1. The van der Waals surface area contributed by atoms with Crippen molar-refractivity contribution in [2.75, 3.05) is 52.6 Å². The van der Waals surface area contributed by atoms with E-state index in [1.54, 1.807) is 4.90 Å². The number of morpholine rings is 1. The van der Waals surface area contributed by atoms with Gasteiger partial charge in [0.15, 0.2) is 0 Å². The van der Waals surface area contributed by atoms with Gasteiger partial charge < -0.3 is 24.8 Å². The fourth-order valence-corrected chi connectivity index (χ4v) is 3.41. The Morgan fingerprint density at radius 3 is 2.60 bits per heavy atom. The van der Waals surface area contributed by atoms with E-state index in [-0.39, 0.29) is 30.4 Å². The monoisotopic (exact) mass is 357 g/mol. The molecule has 0 saturated carbocycles. The first-order chi connectivity index (χ1) is 12.2. The first-order valence-electron chi connectivity index (χ1n) is 8.70. The zero-order chi connectivity index (χ0) is 18.1. The zero-order valence-electron chi connectivity index (χ0n) is 14.4. The van der Waals surface area contributed by atoms with Crippen LogP contribution in [0.3, 0.4) is 0 Å². The van der Waals surface area contributed by atoms with E-state index < -0.39 is 0 Å². The summed E-state index contributed by atoms with van der Waals surface area (Å²) in [4.78, 5) is 36.2. The molecule has 3 saturated heterocycles. The third-order valence-electron chi connectivity index (χ3n) is 4.69. The minimum atomic E-state index is -0.250. The molecule has 0 bridgehead atoms. The van der Waals surface area contributed by atoms with Gasteiger partial charge in [-0.1, -0.05) is 0 Å². The molecule has 142 valence electrons. The minimum absolute atomic E-state index is 0.00783. The van der Waals surface area contributed by atoms with Crippen molar-refractivity contribution in [1.82, 2.24) is 15.1 Å². The van der Waals surface area contributed by atoms with Crippen molar-refractivity contribution in [2.45, 2.75) is 31.3 Å². The summed E-state index contributed by atoms with van der Waals surface area (Å²) in [7, 11) is 0. The molecule has 9 nitrogen and oxygen atoms in total. The maximum Gasteiger partial charge on any atom is 0.290 e. The van der Waals surface area contributed by atoms with E-state index in [4.69, 9.17) is 19.4 Å². The van der Waals surface area contributed by atoms with Gasteiger partial charge in [-0.25, -0.2) is 0 Å². The molecule has 3 fully saturated rings. The standard InChI is InChI=1S/C15H25N3O4.CH2O2/c19-14(3-5-18-4-1-2-15(18)20)16-12-10-22-11-13(12)17-6-8-21-9-7-17;2-1-3/h12-13H,1-11H2,(H,16,19);1H,(H,2,3)/t12-,13-;/m0./s1. The number of hydrogen-bond acceptors (Lipinski definition) is 6. The summed E-state index contributed by atoms with van der Waals surface area (Å²) in [5.74, 6) is 0.177. The van der Waals surface area contributed by atoms with Crippen LogP contribution in [0.2, 0.25) is 0 Å². The lowest BCUT2D eigenvalue weighted by atomic mass is 10.1. The Balaban J connectivity index is 0.000000701. The third kappa shape index (κ3) is 5.94. The molecule has 25 heavy (non-hydrogen) atoms. The Morgan fingerprint density at radius 2 is 1.96 bits per heavy atom. The number of rotatable bonds is 5. The van der Waals surface area contributed by atoms with Crippen LogP contribution in [0.5, 0.6) is 0 Å².